The Morgan fingerprint density at radius 1 is 1.16 bits per heavy atom. The van der Waals surface area contributed by atoms with Crippen LogP contribution in [0.2, 0.25) is 0 Å². The Balaban J connectivity index is 1.40. The minimum absolute atomic E-state index is 0.0967. The normalized spacial score (nSPS) is 20.3. The lowest BCUT2D eigenvalue weighted by atomic mass is 9.91. The first-order valence-corrected chi connectivity index (χ1v) is 8.55. The lowest BCUT2D eigenvalue weighted by Gasteiger charge is -2.28. The molecular formula is C18H20N6O. The number of aromatic nitrogens is 5. The smallest absolute Gasteiger partial charge is 0.270 e. The highest BCUT2D eigenvalue weighted by Gasteiger charge is 2.25. The monoisotopic (exact) mass is 336 g/mol. The van der Waals surface area contributed by atoms with Gasteiger partial charge in [-0.05, 0) is 25.7 Å². The van der Waals surface area contributed by atoms with Gasteiger partial charge in [0.2, 0.25) is 0 Å². The molecule has 0 radical (unpaired) electrons. The Morgan fingerprint density at radius 2 is 1.96 bits per heavy atom. The van der Waals surface area contributed by atoms with Gasteiger partial charge in [-0.15, -0.1) is 0 Å². The highest BCUT2D eigenvalue weighted by atomic mass is 16.2. The maximum atomic E-state index is 12.7. The van der Waals surface area contributed by atoms with Crippen molar-refractivity contribution in [2.24, 2.45) is 0 Å². The van der Waals surface area contributed by atoms with Crippen LogP contribution < -0.4 is 5.32 Å². The molecule has 0 saturated heterocycles. The van der Waals surface area contributed by atoms with Gasteiger partial charge in [-0.3, -0.25) is 4.79 Å². The van der Waals surface area contributed by atoms with Crippen molar-refractivity contribution < 1.29 is 4.79 Å². The van der Waals surface area contributed by atoms with Gasteiger partial charge in [-0.1, -0.05) is 30.3 Å². The first-order valence-electron chi connectivity index (χ1n) is 8.55. The fourth-order valence-electron chi connectivity index (χ4n) is 3.43. The van der Waals surface area contributed by atoms with Crippen molar-refractivity contribution >= 4 is 5.91 Å². The zero-order chi connectivity index (χ0) is 17.1. The number of hydrogen-bond acceptors (Lipinski definition) is 4. The number of carbonyl (C=O) groups excluding carboxylic acids is 1. The van der Waals surface area contributed by atoms with Crippen molar-refractivity contribution in [1.82, 2.24) is 30.0 Å². The van der Waals surface area contributed by atoms with Gasteiger partial charge >= 0.3 is 0 Å². The second-order valence-corrected chi connectivity index (χ2v) is 6.35. The number of amides is 1. The van der Waals surface area contributed by atoms with E-state index in [1.165, 1.54) is 0 Å². The molecule has 0 unspecified atom stereocenters. The van der Waals surface area contributed by atoms with Crippen LogP contribution in [-0.2, 0) is 0 Å². The van der Waals surface area contributed by atoms with Gasteiger partial charge in [-0.25, -0.2) is 14.6 Å². The second kappa shape index (κ2) is 6.88. The number of imidazole rings is 1. The molecule has 1 aromatic carbocycles. The SMILES string of the molecule is O=C(NC1CCC(n2cncn2)CC1)c1[nH]cnc1-c1ccccc1. The Bertz CT molecular complexity index is 818. The molecule has 3 aromatic rings. The highest BCUT2D eigenvalue weighted by molar-refractivity contribution is 5.98. The summed E-state index contributed by atoms with van der Waals surface area (Å²) in [7, 11) is 0. The molecule has 1 fully saturated rings. The molecule has 0 atom stereocenters. The molecule has 2 heterocycles. The summed E-state index contributed by atoms with van der Waals surface area (Å²) in [5.41, 5.74) is 2.14. The summed E-state index contributed by atoms with van der Waals surface area (Å²) in [5.74, 6) is -0.0967. The zero-order valence-electron chi connectivity index (χ0n) is 13.8. The van der Waals surface area contributed by atoms with Gasteiger partial charge in [0.05, 0.1) is 12.4 Å². The topological polar surface area (TPSA) is 88.5 Å². The Kier molecular flexibility index (Phi) is 4.28. The van der Waals surface area contributed by atoms with E-state index in [9.17, 15) is 4.79 Å². The molecule has 0 aliphatic heterocycles. The summed E-state index contributed by atoms with van der Waals surface area (Å²) in [6, 6.07) is 10.3. The molecule has 1 amide bonds. The van der Waals surface area contributed by atoms with Crippen molar-refractivity contribution in [3.8, 4) is 11.3 Å². The number of benzene rings is 1. The van der Waals surface area contributed by atoms with E-state index in [0.717, 1.165) is 31.2 Å². The van der Waals surface area contributed by atoms with E-state index in [4.69, 9.17) is 0 Å². The molecule has 7 heteroatoms. The molecule has 1 aliphatic carbocycles. The molecule has 2 aromatic heterocycles. The van der Waals surface area contributed by atoms with Crippen molar-refractivity contribution in [1.29, 1.82) is 0 Å². The predicted octanol–water partition coefficient (Wildman–Crippen LogP) is 2.58. The molecule has 128 valence electrons. The number of hydrogen-bond donors (Lipinski definition) is 2. The van der Waals surface area contributed by atoms with Gasteiger partial charge in [0.15, 0.2) is 0 Å². The molecule has 0 bridgehead atoms. The Labute approximate surface area is 145 Å². The minimum Gasteiger partial charge on any atom is -0.348 e. The Hall–Kier alpha value is -2.96. The summed E-state index contributed by atoms with van der Waals surface area (Å²) in [4.78, 5) is 24.0. The van der Waals surface area contributed by atoms with Crippen LogP contribution in [0.15, 0.2) is 49.3 Å². The van der Waals surface area contributed by atoms with Gasteiger partial charge in [0.1, 0.15) is 24.0 Å². The van der Waals surface area contributed by atoms with Crippen LogP contribution in [0.5, 0.6) is 0 Å². The van der Waals surface area contributed by atoms with Crippen molar-refractivity contribution in [2.45, 2.75) is 37.8 Å². The van der Waals surface area contributed by atoms with Crippen molar-refractivity contribution in [3.63, 3.8) is 0 Å². The summed E-state index contributed by atoms with van der Waals surface area (Å²) in [6.07, 6.45) is 8.75. The van der Waals surface area contributed by atoms with E-state index >= 15 is 0 Å². The van der Waals surface area contributed by atoms with Crippen LogP contribution in [0.25, 0.3) is 11.3 Å². The number of nitrogens with one attached hydrogen (secondary N) is 2. The van der Waals surface area contributed by atoms with Crippen LogP contribution in [0.1, 0.15) is 42.2 Å². The molecule has 7 nitrogen and oxygen atoms in total. The second-order valence-electron chi connectivity index (χ2n) is 6.35. The number of aromatic amines is 1. The maximum Gasteiger partial charge on any atom is 0.270 e. The van der Waals surface area contributed by atoms with Crippen LogP contribution in [-0.4, -0.2) is 36.7 Å². The predicted molar refractivity (Wildman–Crippen MR) is 92.8 cm³/mol. The number of rotatable bonds is 4. The summed E-state index contributed by atoms with van der Waals surface area (Å²) >= 11 is 0. The van der Waals surface area contributed by atoms with Crippen LogP contribution >= 0.6 is 0 Å². The van der Waals surface area contributed by atoms with E-state index in [-0.39, 0.29) is 11.9 Å². The summed E-state index contributed by atoms with van der Waals surface area (Å²) < 4.78 is 1.92. The third kappa shape index (κ3) is 3.31. The largest absolute Gasteiger partial charge is 0.348 e. The van der Waals surface area contributed by atoms with Gasteiger partial charge in [0.25, 0.3) is 5.91 Å². The van der Waals surface area contributed by atoms with Crippen LogP contribution in [0, 0.1) is 0 Å². The van der Waals surface area contributed by atoms with Gasteiger partial charge < -0.3 is 10.3 Å². The van der Waals surface area contributed by atoms with Crippen LogP contribution in [0.3, 0.4) is 0 Å². The average molecular weight is 336 g/mol. The molecular weight excluding hydrogens is 316 g/mol. The number of carbonyl (C=O) groups is 1. The third-order valence-corrected chi connectivity index (χ3v) is 4.76. The lowest BCUT2D eigenvalue weighted by Crippen LogP contribution is -2.38. The highest BCUT2D eigenvalue weighted by Crippen LogP contribution is 2.28. The number of H-pyrrole nitrogens is 1. The van der Waals surface area contributed by atoms with Crippen LogP contribution in [0.4, 0.5) is 0 Å². The molecule has 1 aliphatic rings. The Morgan fingerprint density at radius 3 is 2.68 bits per heavy atom. The van der Waals surface area contributed by atoms with E-state index in [1.54, 1.807) is 19.0 Å². The first kappa shape index (κ1) is 15.6. The standard InChI is InChI=1S/C18H20N6O/c25-18(17-16(20-11-21-17)13-4-2-1-3-5-13)23-14-6-8-15(9-7-14)24-12-19-10-22-24/h1-5,10-12,14-15H,6-9H2,(H,20,21)(H,23,25). The number of nitrogens with zero attached hydrogens (tertiary/aromatic N) is 4. The molecule has 1 saturated carbocycles. The van der Waals surface area contributed by atoms with Crippen molar-refractivity contribution in [3.05, 3.63) is 55.0 Å². The van der Waals surface area contributed by atoms with Crippen molar-refractivity contribution in [2.75, 3.05) is 0 Å². The maximum absolute atomic E-state index is 12.7. The zero-order valence-corrected chi connectivity index (χ0v) is 13.8. The van der Waals surface area contributed by atoms with E-state index in [0.29, 0.717) is 17.4 Å². The third-order valence-electron chi connectivity index (χ3n) is 4.76. The van der Waals surface area contributed by atoms with E-state index in [2.05, 4.69) is 25.4 Å². The summed E-state index contributed by atoms with van der Waals surface area (Å²) in [5, 5.41) is 7.36. The van der Waals surface area contributed by atoms with Gasteiger partial charge in [-0.2, -0.15) is 5.10 Å². The fraction of sp³-hybridized carbons (Fsp3) is 0.333. The molecule has 0 spiro atoms. The lowest BCUT2D eigenvalue weighted by molar-refractivity contribution is 0.0918. The summed E-state index contributed by atoms with van der Waals surface area (Å²) in [6.45, 7) is 0. The molecule has 4 rings (SSSR count). The van der Waals surface area contributed by atoms with Gasteiger partial charge in [0, 0.05) is 11.6 Å². The van der Waals surface area contributed by atoms with E-state index < -0.39 is 0 Å². The first-order chi connectivity index (χ1) is 12.3. The average Bonchev–Trinajstić information content (AvgIpc) is 3.35. The molecule has 25 heavy (non-hydrogen) atoms. The quantitative estimate of drug-likeness (QED) is 0.766. The fourth-order valence-corrected chi connectivity index (χ4v) is 3.43. The van der Waals surface area contributed by atoms with E-state index in [1.807, 2.05) is 35.0 Å². The molecule has 2 N–H and O–H groups in total. The minimum atomic E-state index is -0.0967.